The lowest BCUT2D eigenvalue weighted by molar-refractivity contribution is -0.0637. The third-order valence-electron chi connectivity index (χ3n) is 2.49. The van der Waals surface area contributed by atoms with Gasteiger partial charge in [0, 0.05) is 0 Å². The van der Waals surface area contributed by atoms with E-state index < -0.39 is 0 Å². The molecule has 3 heteroatoms. The standard InChI is InChI=1S/C8H17NO2/c1-8(9-11-2)6-4-3-5-7(8)10/h7,9-10H,3-6H2,1-2H3/t7-,8-/m1/s1. The van der Waals surface area contributed by atoms with Crippen molar-refractivity contribution in [3.05, 3.63) is 0 Å². The van der Waals surface area contributed by atoms with Gasteiger partial charge in [-0.1, -0.05) is 12.8 Å². The Balaban J connectivity index is 2.49. The van der Waals surface area contributed by atoms with E-state index in [1.54, 1.807) is 7.11 Å². The van der Waals surface area contributed by atoms with Crippen LogP contribution in [-0.2, 0) is 4.84 Å². The fourth-order valence-electron chi connectivity index (χ4n) is 1.67. The molecule has 0 aromatic rings. The Morgan fingerprint density at radius 2 is 2.27 bits per heavy atom. The van der Waals surface area contributed by atoms with Crippen LogP contribution >= 0.6 is 0 Å². The summed E-state index contributed by atoms with van der Waals surface area (Å²) in [6.45, 7) is 2.00. The van der Waals surface area contributed by atoms with Crippen molar-refractivity contribution >= 4 is 0 Å². The molecule has 3 nitrogen and oxygen atoms in total. The third kappa shape index (κ3) is 1.92. The average molecular weight is 159 g/mol. The minimum absolute atomic E-state index is 0.229. The van der Waals surface area contributed by atoms with E-state index in [-0.39, 0.29) is 11.6 Å². The molecule has 0 radical (unpaired) electrons. The average Bonchev–Trinajstić information content (AvgIpc) is 1.96. The highest BCUT2D eigenvalue weighted by atomic mass is 16.6. The molecule has 0 aromatic heterocycles. The quantitative estimate of drug-likeness (QED) is 0.586. The predicted octanol–water partition coefficient (Wildman–Crippen LogP) is 0.831. The van der Waals surface area contributed by atoms with Gasteiger partial charge in [-0.3, -0.25) is 0 Å². The first-order valence-corrected chi connectivity index (χ1v) is 4.17. The van der Waals surface area contributed by atoms with Gasteiger partial charge in [0.15, 0.2) is 0 Å². The summed E-state index contributed by atoms with van der Waals surface area (Å²) in [5.74, 6) is 0. The van der Waals surface area contributed by atoms with Gasteiger partial charge in [0.2, 0.25) is 0 Å². The molecule has 0 aromatic carbocycles. The topological polar surface area (TPSA) is 41.5 Å². The number of rotatable bonds is 2. The van der Waals surface area contributed by atoms with E-state index >= 15 is 0 Å². The monoisotopic (exact) mass is 159 g/mol. The fourth-order valence-corrected chi connectivity index (χ4v) is 1.67. The molecule has 2 N–H and O–H groups in total. The van der Waals surface area contributed by atoms with E-state index in [2.05, 4.69) is 5.48 Å². The van der Waals surface area contributed by atoms with Crippen LogP contribution in [0, 0.1) is 0 Å². The zero-order chi connectivity index (χ0) is 8.32. The first kappa shape index (κ1) is 8.97. The van der Waals surface area contributed by atoms with Crippen molar-refractivity contribution in [3.8, 4) is 0 Å². The molecule has 0 unspecified atom stereocenters. The number of aliphatic hydroxyl groups is 1. The lowest BCUT2D eigenvalue weighted by Crippen LogP contribution is -2.53. The van der Waals surface area contributed by atoms with Crippen molar-refractivity contribution < 1.29 is 9.94 Å². The zero-order valence-electron chi connectivity index (χ0n) is 7.26. The Labute approximate surface area is 67.7 Å². The normalized spacial score (nSPS) is 39.0. The zero-order valence-corrected chi connectivity index (χ0v) is 7.26. The molecule has 0 bridgehead atoms. The second kappa shape index (κ2) is 3.52. The predicted molar refractivity (Wildman–Crippen MR) is 43.0 cm³/mol. The second-order valence-corrected chi connectivity index (χ2v) is 3.49. The van der Waals surface area contributed by atoms with E-state index in [0.29, 0.717) is 0 Å². The number of aliphatic hydroxyl groups excluding tert-OH is 1. The summed E-state index contributed by atoms with van der Waals surface area (Å²) in [5.41, 5.74) is 2.63. The Kier molecular flexibility index (Phi) is 2.87. The minimum Gasteiger partial charge on any atom is -0.391 e. The lowest BCUT2D eigenvalue weighted by atomic mass is 9.81. The highest BCUT2D eigenvalue weighted by Crippen LogP contribution is 2.27. The molecule has 66 valence electrons. The highest BCUT2D eigenvalue weighted by Gasteiger charge is 2.35. The van der Waals surface area contributed by atoms with E-state index in [0.717, 1.165) is 19.3 Å². The van der Waals surface area contributed by atoms with Gasteiger partial charge >= 0.3 is 0 Å². The fraction of sp³-hybridized carbons (Fsp3) is 1.00. The van der Waals surface area contributed by atoms with Gasteiger partial charge < -0.3 is 9.94 Å². The molecular weight excluding hydrogens is 142 g/mol. The van der Waals surface area contributed by atoms with Crippen LogP contribution in [0.2, 0.25) is 0 Å². The van der Waals surface area contributed by atoms with Crippen LogP contribution in [0.3, 0.4) is 0 Å². The maximum absolute atomic E-state index is 9.62. The Bertz CT molecular complexity index is 125. The summed E-state index contributed by atoms with van der Waals surface area (Å²) in [6.07, 6.45) is 3.90. The van der Waals surface area contributed by atoms with E-state index in [1.807, 2.05) is 6.92 Å². The molecule has 0 heterocycles. The van der Waals surface area contributed by atoms with Crippen molar-refractivity contribution in [1.82, 2.24) is 5.48 Å². The highest BCUT2D eigenvalue weighted by molar-refractivity contribution is 4.91. The second-order valence-electron chi connectivity index (χ2n) is 3.49. The van der Waals surface area contributed by atoms with Crippen LogP contribution < -0.4 is 5.48 Å². The first-order valence-electron chi connectivity index (χ1n) is 4.17. The molecule has 1 rings (SSSR count). The molecule has 2 atom stereocenters. The largest absolute Gasteiger partial charge is 0.391 e. The number of hydrogen-bond donors (Lipinski definition) is 2. The smallest absolute Gasteiger partial charge is 0.0741 e. The summed E-state index contributed by atoms with van der Waals surface area (Å²) in [7, 11) is 1.59. The van der Waals surface area contributed by atoms with E-state index in [4.69, 9.17) is 4.84 Å². The van der Waals surface area contributed by atoms with Gasteiger partial charge in [0.1, 0.15) is 0 Å². The molecule has 11 heavy (non-hydrogen) atoms. The van der Waals surface area contributed by atoms with Crippen LogP contribution in [0.25, 0.3) is 0 Å². The van der Waals surface area contributed by atoms with Crippen LogP contribution in [0.15, 0.2) is 0 Å². The van der Waals surface area contributed by atoms with Crippen LogP contribution in [0.1, 0.15) is 32.6 Å². The summed E-state index contributed by atoms with van der Waals surface area (Å²) >= 11 is 0. The van der Waals surface area contributed by atoms with Gasteiger partial charge in [0.25, 0.3) is 0 Å². The summed E-state index contributed by atoms with van der Waals surface area (Å²) in [6, 6.07) is 0. The number of hydrogen-bond acceptors (Lipinski definition) is 3. The van der Waals surface area contributed by atoms with Gasteiger partial charge in [-0.05, 0) is 19.8 Å². The van der Waals surface area contributed by atoms with Gasteiger partial charge in [0.05, 0.1) is 18.8 Å². The van der Waals surface area contributed by atoms with Crippen molar-refractivity contribution in [2.45, 2.75) is 44.2 Å². The molecule has 0 aliphatic heterocycles. The maximum atomic E-state index is 9.62. The summed E-state index contributed by atoms with van der Waals surface area (Å²) < 4.78 is 0. The SMILES string of the molecule is CON[C@]1(C)CCCC[C@H]1O. The lowest BCUT2D eigenvalue weighted by Gasteiger charge is -2.38. The van der Waals surface area contributed by atoms with Gasteiger partial charge in [-0.25, -0.2) is 0 Å². The Morgan fingerprint density at radius 1 is 1.55 bits per heavy atom. The van der Waals surface area contributed by atoms with Crippen molar-refractivity contribution in [1.29, 1.82) is 0 Å². The summed E-state index contributed by atoms with van der Waals surface area (Å²) in [5, 5.41) is 9.62. The molecule has 0 amide bonds. The first-order chi connectivity index (χ1) is 5.19. The van der Waals surface area contributed by atoms with Crippen molar-refractivity contribution in [2.75, 3.05) is 7.11 Å². The molecule has 1 fully saturated rings. The van der Waals surface area contributed by atoms with Gasteiger partial charge in [-0.2, -0.15) is 5.48 Å². The number of hydroxylamine groups is 1. The Hall–Kier alpha value is -0.120. The maximum Gasteiger partial charge on any atom is 0.0741 e. The van der Waals surface area contributed by atoms with Crippen LogP contribution in [-0.4, -0.2) is 23.9 Å². The van der Waals surface area contributed by atoms with E-state index in [1.165, 1.54) is 6.42 Å². The molecule has 0 saturated heterocycles. The number of nitrogens with one attached hydrogen (secondary N) is 1. The van der Waals surface area contributed by atoms with Crippen LogP contribution in [0.4, 0.5) is 0 Å². The third-order valence-corrected chi connectivity index (χ3v) is 2.49. The van der Waals surface area contributed by atoms with Crippen LogP contribution in [0.5, 0.6) is 0 Å². The molecule has 1 saturated carbocycles. The van der Waals surface area contributed by atoms with E-state index in [9.17, 15) is 5.11 Å². The van der Waals surface area contributed by atoms with Crippen molar-refractivity contribution in [2.24, 2.45) is 0 Å². The Morgan fingerprint density at radius 3 is 2.82 bits per heavy atom. The van der Waals surface area contributed by atoms with Gasteiger partial charge in [-0.15, -0.1) is 0 Å². The van der Waals surface area contributed by atoms with Crippen molar-refractivity contribution in [3.63, 3.8) is 0 Å². The summed E-state index contributed by atoms with van der Waals surface area (Å²) in [4.78, 5) is 4.84. The molecule has 1 aliphatic rings. The molecular formula is C8H17NO2. The molecule has 1 aliphatic carbocycles. The molecule has 0 spiro atoms. The minimum atomic E-state index is -0.267.